The summed E-state index contributed by atoms with van der Waals surface area (Å²) in [6.07, 6.45) is 8.40. The summed E-state index contributed by atoms with van der Waals surface area (Å²) >= 11 is 0. The van der Waals surface area contributed by atoms with E-state index in [1.54, 1.807) is 76.1 Å². The summed E-state index contributed by atoms with van der Waals surface area (Å²) in [7, 11) is 27.3. The van der Waals surface area contributed by atoms with E-state index in [9.17, 15) is 24.3 Å². The molecular formula is C82H105ClN4O18. The summed E-state index contributed by atoms with van der Waals surface area (Å²) in [5.74, 6) is 5.56. The highest BCUT2D eigenvalue weighted by molar-refractivity contribution is 6.09. The Morgan fingerprint density at radius 1 is 0.476 bits per heavy atom. The number of carbonyl (C=O) groups excluding carboxylic acids is 2. The Morgan fingerprint density at radius 2 is 0.857 bits per heavy atom. The van der Waals surface area contributed by atoms with Crippen LogP contribution in [0.25, 0.3) is 40.0 Å². The molecule has 23 heteroatoms. The standard InChI is InChI=1S/C29H36N2O5.C23H24O6.C13H14O3.C10H12O4.C6H14N2.CH4.ClH/c1-18-23(12-19-13-26(34-5)29(36-7)27(14-19)35-6)22-9-8-21(33-4)15-25(22)24(18)16-28(32)31-11-10-20(17-31)30(2)3;1-13-17(8-14-9-20(27-3)23(29-5)21(10-14)28-4)16-7-6-15(26-2)11-19(16)18(13)12-22(24)25;1-8-5-9-3-4-10(16-2)6-12(9)11(8)7-13(14)15;1-12-8-4-7(6-11)5-9(13-2)10(8)14-3;1-8(2)6-3-4-7-5-6;;/h8-9,12-15,20H,10-11,16-17H2,1-7H3;6-11H,12H2,1-5H3,(H,24,25);3-4,6H,5,7H2,1-2H3,(H,14,15);4-6H,1-3H3;6-7H,3-5H2,1-2H3;1H4;1H/b23-12-;17-8-;;;;;/t20-;;;;6-;;/m0...0../s1. The number of aliphatic carboxylic acids is 2. The fraction of sp³-hybridized carbons (Fsp3) is 0.390. The lowest BCUT2D eigenvalue weighted by Crippen LogP contribution is -2.34. The van der Waals surface area contributed by atoms with Gasteiger partial charge in [-0.15, -0.1) is 12.4 Å². The normalized spacial score (nSPS) is 15.7. The molecule has 0 radical (unpaired) electrons. The fourth-order valence-electron chi connectivity index (χ4n) is 13.1. The maximum Gasteiger partial charge on any atom is 0.307 e. The van der Waals surface area contributed by atoms with Crippen LogP contribution in [0.4, 0.5) is 0 Å². The average molecular weight is 1470 g/mol. The highest BCUT2D eigenvalue weighted by Gasteiger charge is 2.33. The van der Waals surface area contributed by atoms with Gasteiger partial charge in [-0.2, -0.15) is 0 Å². The first-order valence-corrected chi connectivity index (χ1v) is 33.6. The third-order valence-corrected chi connectivity index (χ3v) is 18.8. The van der Waals surface area contributed by atoms with Crippen LogP contribution in [0, 0.1) is 0 Å². The molecule has 22 nitrogen and oxygen atoms in total. The first-order chi connectivity index (χ1) is 49.4. The van der Waals surface area contributed by atoms with E-state index in [0.29, 0.717) is 75.5 Å². The molecule has 11 rings (SSSR count). The Kier molecular flexibility index (Phi) is 32.8. The second-order valence-corrected chi connectivity index (χ2v) is 25.3. The molecule has 0 spiro atoms. The lowest BCUT2D eigenvalue weighted by atomic mass is 10.00. The molecule has 3 N–H and O–H groups in total. The maximum absolute atomic E-state index is 13.4. The number of likely N-dealkylation sites (tertiary alicyclic amines) is 1. The van der Waals surface area contributed by atoms with Crippen molar-refractivity contribution in [3.8, 4) is 69.0 Å². The molecule has 6 aromatic rings. The molecule has 2 atom stereocenters. The van der Waals surface area contributed by atoms with Crippen molar-refractivity contribution < 1.29 is 86.2 Å². The average Bonchev–Trinajstić information content (AvgIpc) is 1.62. The molecule has 2 fully saturated rings. The molecule has 0 aromatic heterocycles. The molecule has 0 unspecified atom stereocenters. The largest absolute Gasteiger partial charge is 0.497 e. The summed E-state index contributed by atoms with van der Waals surface area (Å²) in [6.45, 7) is 9.96. The van der Waals surface area contributed by atoms with Crippen LogP contribution < -0.4 is 62.2 Å². The van der Waals surface area contributed by atoms with Gasteiger partial charge in [0, 0.05) is 37.3 Å². The van der Waals surface area contributed by atoms with Crippen molar-refractivity contribution in [3.63, 3.8) is 0 Å². The van der Waals surface area contributed by atoms with Gasteiger partial charge in [0.25, 0.3) is 0 Å². The SMILES string of the molecule is C.CN(C)[C@H]1CCNC1.COc1cc(C=O)cc(OC)c1OC.COc1ccc2c(c1)C(CC(=O)N1CC[C@H](N(C)C)C1)=C(C)/C2=C/c1cc(OC)c(OC)c(OC)c1.COc1ccc2c(c1)C(CC(=O)O)=C(C)/C2=C/c1cc(OC)c(OC)c(OC)c1.COc1ccc2c(c1)C(CC(=O)O)=C(C)C2.Cl. The summed E-state index contributed by atoms with van der Waals surface area (Å²) in [6, 6.07) is 29.6. The van der Waals surface area contributed by atoms with Crippen LogP contribution in [0.3, 0.4) is 0 Å². The molecule has 2 aliphatic heterocycles. The van der Waals surface area contributed by atoms with Crippen molar-refractivity contribution in [1.82, 2.24) is 20.0 Å². The van der Waals surface area contributed by atoms with E-state index in [1.807, 2.05) is 97.6 Å². The second-order valence-electron chi connectivity index (χ2n) is 25.3. The number of aldehydes is 1. The first-order valence-electron chi connectivity index (χ1n) is 33.6. The van der Waals surface area contributed by atoms with Crippen LogP contribution in [0.2, 0.25) is 0 Å². The van der Waals surface area contributed by atoms with Crippen molar-refractivity contribution >= 4 is 76.6 Å². The van der Waals surface area contributed by atoms with Crippen LogP contribution in [0.15, 0.2) is 108 Å². The van der Waals surface area contributed by atoms with E-state index in [1.165, 1.54) is 46.4 Å². The van der Waals surface area contributed by atoms with Gasteiger partial charge in [0.15, 0.2) is 34.5 Å². The summed E-state index contributed by atoms with van der Waals surface area (Å²) in [5.41, 5.74) is 16.4. The number of amides is 1. The van der Waals surface area contributed by atoms with Gasteiger partial charge in [0.2, 0.25) is 23.2 Å². The number of nitrogens with zero attached hydrogens (tertiary/aromatic N) is 3. The molecule has 2 heterocycles. The van der Waals surface area contributed by atoms with E-state index in [0.717, 1.165) is 133 Å². The first kappa shape index (κ1) is 85.5. The number of nitrogens with one attached hydrogen (secondary N) is 1. The van der Waals surface area contributed by atoms with Gasteiger partial charge < -0.3 is 87.1 Å². The third kappa shape index (κ3) is 20.9. The number of ether oxygens (including phenoxy) is 12. The Bertz CT molecular complexity index is 4130. The molecule has 6 aromatic carbocycles. The molecule has 105 heavy (non-hydrogen) atoms. The van der Waals surface area contributed by atoms with E-state index in [2.05, 4.69) is 62.4 Å². The van der Waals surface area contributed by atoms with Crippen molar-refractivity contribution in [1.29, 1.82) is 0 Å². The van der Waals surface area contributed by atoms with Crippen molar-refractivity contribution in [3.05, 3.63) is 158 Å². The number of carbonyl (C=O) groups is 4. The Morgan fingerprint density at radius 3 is 1.19 bits per heavy atom. The maximum atomic E-state index is 13.4. The van der Waals surface area contributed by atoms with Gasteiger partial charge in [-0.25, -0.2) is 0 Å². The number of fused-ring (bicyclic) bond motifs is 3. The quantitative estimate of drug-likeness (QED) is 0.0505. The minimum absolute atomic E-state index is 0. The number of hydrogen-bond acceptors (Lipinski definition) is 19. The Hall–Kier alpha value is -10.1. The molecular weight excluding hydrogens is 1360 g/mol. The minimum Gasteiger partial charge on any atom is -0.497 e. The lowest BCUT2D eigenvalue weighted by Gasteiger charge is -2.21. The Labute approximate surface area is 625 Å². The number of benzene rings is 6. The monoisotopic (exact) mass is 1470 g/mol. The van der Waals surface area contributed by atoms with Crippen LogP contribution in [-0.2, 0) is 20.8 Å². The molecule has 568 valence electrons. The van der Waals surface area contributed by atoms with E-state index in [-0.39, 0.29) is 38.6 Å². The Balaban J connectivity index is 0.000000254. The number of carboxylic acid groups (broad SMARTS) is 2. The van der Waals surface area contributed by atoms with Crippen LogP contribution in [0.1, 0.15) is 115 Å². The number of methoxy groups -OCH3 is 12. The topological polar surface area (TPSA) is 241 Å². The number of carboxylic acids is 2. The minimum atomic E-state index is -0.873. The van der Waals surface area contributed by atoms with Crippen LogP contribution in [-0.4, -0.2) is 201 Å². The molecule has 2 saturated heterocycles. The van der Waals surface area contributed by atoms with Gasteiger partial charge in [0.1, 0.15) is 23.5 Å². The zero-order valence-corrected chi connectivity index (χ0v) is 64.1. The summed E-state index contributed by atoms with van der Waals surface area (Å²) < 4.78 is 64.1. The second kappa shape index (κ2) is 40.2. The molecule has 0 bridgehead atoms. The van der Waals surface area contributed by atoms with E-state index in [4.69, 9.17) is 61.9 Å². The lowest BCUT2D eigenvalue weighted by molar-refractivity contribution is -0.136. The highest BCUT2D eigenvalue weighted by Crippen LogP contribution is 2.49. The van der Waals surface area contributed by atoms with Crippen molar-refractivity contribution in [2.24, 2.45) is 0 Å². The van der Waals surface area contributed by atoms with Gasteiger partial charge in [-0.05, 0) is 243 Å². The van der Waals surface area contributed by atoms with Gasteiger partial charge in [-0.1, -0.05) is 31.2 Å². The molecule has 3 aliphatic carbocycles. The van der Waals surface area contributed by atoms with Crippen LogP contribution >= 0.6 is 12.4 Å². The number of hydrogen-bond donors (Lipinski definition) is 3. The zero-order valence-electron chi connectivity index (χ0n) is 63.3. The van der Waals surface area contributed by atoms with Gasteiger partial charge in [-0.3, -0.25) is 19.2 Å². The van der Waals surface area contributed by atoms with Crippen molar-refractivity contribution in [2.75, 3.05) is 140 Å². The predicted octanol–water partition coefficient (Wildman–Crippen LogP) is 14.1. The molecule has 0 saturated carbocycles. The van der Waals surface area contributed by atoms with Gasteiger partial charge in [0.05, 0.1) is 105 Å². The van der Waals surface area contributed by atoms with Crippen LogP contribution in [0.5, 0.6) is 69.0 Å². The zero-order chi connectivity index (χ0) is 75.4. The van der Waals surface area contributed by atoms with Gasteiger partial charge >= 0.3 is 11.9 Å². The highest BCUT2D eigenvalue weighted by atomic mass is 35.5. The number of allylic oxidation sites excluding steroid dienone is 5. The number of likely N-dealkylation sites (N-methyl/N-ethyl adjacent to an activating group) is 2. The summed E-state index contributed by atoms with van der Waals surface area (Å²) in [5, 5.41) is 21.6. The molecule has 1 amide bonds. The van der Waals surface area contributed by atoms with E-state index < -0.39 is 11.9 Å². The number of halogens is 1. The predicted molar refractivity (Wildman–Crippen MR) is 417 cm³/mol. The fourth-order valence-corrected chi connectivity index (χ4v) is 13.1. The van der Waals surface area contributed by atoms with E-state index >= 15 is 0 Å². The summed E-state index contributed by atoms with van der Waals surface area (Å²) in [4.78, 5) is 52.7. The molecule has 5 aliphatic rings. The smallest absolute Gasteiger partial charge is 0.307 e. The van der Waals surface area contributed by atoms with Crippen molar-refractivity contribution in [2.45, 2.75) is 78.8 Å². The number of rotatable bonds is 23. The third-order valence-electron chi connectivity index (χ3n) is 18.8.